The van der Waals surface area contributed by atoms with E-state index >= 15 is 0 Å². The SMILES string of the molecule is CC1=C\C[C@H](O)/C=C/C(C)=C/[C@@H](NC(=O)[C@H](C)O)[C@H](C)C(=O)/C(C)=C/C[C@H](O)\C=C\1. The average Bonchev–Trinajstić information content (AvgIpc) is 2.70. The Kier molecular flexibility index (Phi) is 10.7. The Morgan fingerprint density at radius 1 is 1.03 bits per heavy atom. The van der Waals surface area contributed by atoms with Crippen LogP contribution in [-0.4, -0.2) is 51.4 Å². The van der Waals surface area contributed by atoms with E-state index in [0.717, 1.165) is 11.1 Å². The second-order valence-electron chi connectivity index (χ2n) is 7.93. The maximum atomic E-state index is 12.9. The molecule has 0 aliphatic heterocycles. The smallest absolute Gasteiger partial charge is 0.249 e. The Morgan fingerprint density at radius 2 is 1.57 bits per heavy atom. The van der Waals surface area contributed by atoms with Crippen molar-refractivity contribution in [3.8, 4) is 0 Å². The van der Waals surface area contributed by atoms with Crippen molar-refractivity contribution < 1.29 is 24.9 Å². The minimum atomic E-state index is -1.20. The first-order valence-corrected chi connectivity index (χ1v) is 10.3. The van der Waals surface area contributed by atoms with Crippen LogP contribution in [-0.2, 0) is 9.59 Å². The first kappa shape index (κ1) is 25.8. The third kappa shape index (κ3) is 9.03. The van der Waals surface area contributed by atoms with E-state index in [1.165, 1.54) is 6.92 Å². The molecule has 1 rings (SSSR count). The number of allylic oxidation sites excluding steroid dienone is 5. The molecular formula is C24H35NO5. The minimum absolute atomic E-state index is 0.157. The summed E-state index contributed by atoms with van der Waals surface area (Å²) in [6.07, 6.45) is 10.2. The molecule has 0 fully saturated rings. The summed E-state index contributed by atoms with van der Waals surface area (Å²) in [7, 11) is 0. The molecule has 6 nitrogen and oxygen atoms in total. The molecule has 0 radical (unpaired) electrons. The highest BCUT2D eigenvalue weighted by atomic mass is 16.3. The Balaban J connectivity index is 3.30. The molecule has 6 heteroatoms. The number of amides is 1. The number of nitrogens with one attached hydrogen (secondary N) is 1. The molecule has 1 aliphatic rings. The molecule has 4 N–H and O–H groups in total. The lowest BCUT2D eigenvalue weighted by molar-refractivity contribution is -0.129. The van der Waals surface area contributed by atoms with E-state index in [2.05, 4.69) is 5.32 Å². The second kappa shape index (κ2) is 12.4. The number of carbonyl (C=O) groups excluding carboxylic acids is 2. The molecule has 166 valence electrons. The van der Waals surface area contributed by atoms with Gasteiger partial charge in [-0.1, -0.05) is 60.6 Å². The van der Waals surface area contributed by atoms with E-state index in [4.69, 9.17) is 0 Å². The van der Waals surface area contributed by atoms with Crippen LogP contribution < -0.4 is 5.32 Å². The predicted octanol–water partition coefficient (Wildman–Crippen LogP) is 2.52. The molecule has 0 aromatic rings. The van der Waals surface area contributed by atoms with Gasteiger partial charge in [-0.15, -0.1) is 0 Å². The molecule has 0 saturated heterocycles. The second-order valence-corrected chi connectivity index (χ2v) is 7.93. The minimum Gasteiger partial charge on any atom is -0.389 e. The fourth-order valence-electron chi connectivity index (χ4n) is 2.91. The number of aliphatic hydroxyl groups excluding tert-OH is 3. The Hall–Kier alpha value is -2.28. The van der Waals surface area contributed by atoms with E-state index in [1.54, 1.807) is 50.3 Å². The molecule has 0 unspecified atom stereocenters. The molecule has 30 heavy (non-hydrogen) atoms. The number of ketones is 1. The van der Waals surface area contributed by atoms with E-state index in [1.807, 2.05) is 19.9 Å². The predicted molar refractivity (Wildman–Crippen MR) is 119 cm³/mol. The molecular weight excluding hydrogens is 382 g/mol. The van der Waals surface area contributed by atoms with Gasteiger partial charge in [0.2, 0.25) is 5.91 Å². The van der Waals surface area contributed by atoms with Gasteiger partial charge in [-0.3, -0.25) is 9.59 Å². The van der Waals surface area contributed by atoms with Crippen molar-refractivity contribution in [2.45, 2.75) is 71.8 Å². The van der Waals surface area contributed by atoms with E-state index in [9.17, 15) is 24.9 Å². The average molecular weight is 418 g/mol. The number of rotatable bonds is 2. The van der Waals surface area contributed by atoms with Crippen LogP contribution in [0.25, 0.3) is 0 Å². The van der Waals surface area contributed by atoms with Crippen molar-refractivity contribution in [3.05, 3.63) is 59.3 Å². The lowest BCUT2D eigenvalue weighted by Crippen LogP contribution is -2.45. The van der Waals surface area contributed by atoms with Crippen LogP contribution in [0.1, 0.15) is 47.5 Å². The van der Waals surface area contributed by atoms with Crippen molar-refractivity contribution in [2.75, 3.05) is 0 Å². The lowest BCUT2D eigenvalue weighted by Gasteiger charge is -2.23. The Labute approximate surface area is 179 Å². The molecule has 1 aliphatic carbocycles. The van der Waals surface area contributed by atoms with Crippen LogP contribution in [0, 0.1) is 5.92 Å². The summed E-state index contributed by atoms with van der Waals surface area (Å²) in [6, 6.07) is -0.632. The molecule has 0 bridgehead atoms. The van der Waals surface area contributed by atoms with E-state index in [0.29, 0.717) is 12.0 Å². The van der Waals surface area contributed by atoms with Gasteiger partial charge >= 0.3 is 0 Å². The van der Waals surface area contributed by atoms with Crippen LogP contribution in [0.2, 0.25) is 0 Å². The standard InChI is InChI=1S/C24H35NO5/c1-15-6-10-20(27)12-8-16(2)14-22(25-24(30)19(5)26)18(4)23(29)17(3)9-13-21(28)11-7-15/h6-9,11-12,14,18-22,26-28H,10,13H2,1-5H3,(H,25,30)/b11-7+,12-8+,15-6+,16-14+,17-9+/t18-,19-,20-,21+,22+/m0/s1. The van der Waals surface area contributed by atoms with E-state index < -0.39 is 36.2 Å². The third-order valence-corrected chi connectivity index (χ3v) is 4.98. The summed E-state index contributed by atoms with van der Waals surface area (Å²) in [4.78, 5) is 24.9. The van der Waals surface area contributed by atoms with E-state index in [-0.39, 0.29) is 12.2 Å². The lowest BCUT2D eigenvalue weighted by atomic mass is 9.90. The summed E-state index contributed by atoms with van der Waals surface area (Å²) in [5.74, 6) is -1.30. The van der Waals surface area contributed by atoms with Gasteiger partial charge in [-0.2, -0.15) is 0 Å². The topological polar surface area (TPSA) is 107 Å². The Morgan fingerprint density at radius 3 is 2.13 bits per heavy atom. The third-order valence-electron chi connectivity index (χ3n) is 4.98. The monoisotopic (exact) mass is 417 g/mol. The van der Waals surface area contributed by atoms with Crippen molar-refractivity contribution >= 4 is 11.7 Å². The van der Waals surface area contributed by atoms with Gasteiger partial charge in [-0.05, 0) is 46.1 Å². The van der Waals surface area contributed by atoms with Crippen LogP contribution in [0.15, 0.2) is 59.3 Å². The van der Waals surface area contributed by atoms with Crippen molar-refractivity contribution in [2.24, 2.45) is 5.92 Å². The van der Waals surface area contributed by atoms with Gasteiger partial charge < -0.3 is 20.6 Å². The zero-order valence-electron chi connectivity index (χ0n) is 18.5. The van der Waals surface area contributed by atoms with Gasteiger partial charge in [0.25, 0.3) is 0 Å². The highest BCUT2D eigenvalue weighted by Gasteiger charge is 2.26. The van der Waals surface area contributed by atoms with Crippen LogP contribution in [0.3, 0.4) is 0 Å². The van der Waals surface area contributed by atoms with Crippen LogP contribution in [0.5, 0.6) is 0 Å². The summed E-state index contributed by atoms with van der Waals surface area (Å²) in [5, 5.41) is 32.6. The van der Waals surface area contributed by atoms with Gasteiger partial charge in [0, 0.05) is 5.92 Å². The highest BCUT2D eigenvalue weighted by Crippen LogP contribution is 2.16. The molecule has 0 spiro atoms. The van der Waals surface area contributed by atoms with Crippen molar-refractivity contribution in [3.63, 3.8) is 0 Å². The Bertz CT molecular complexity index is 758. The van der Waals surface area contributed by atoms with Crippen LogP contribution in [0.4, 0.5) is 0 Å². The molecule has 5 atom stereocenters. The number of carbonyl (C=O) groups is 2. The van der Waals surface area contributed by atoms with Crippen LogP contribution >= 0.6 is 0 Å². The van der Waals surface area contributed by atoms with Gasteiger partial charge in [0.15, 0.2) is 5.78 Å². The summed E-state index contributed by atoms with van der Waals surface area (Å²) < 4.78 is 0. The summed E-state index contributed by atoms with van der Waals surface area (Å²) in [6.45, 7) is 8.48. The summed E-state index contributed by atoms with van der Waals surface area (Å²) >= 11 is 0. The maximum absolute atomic E-state index is 12.9. The normalized spacial score (nSPS) is 35.5. The zero-order valence-corrected chi connectivity index (χ0v) is 18.5. The molecule has 0 heterocycles. The maximum Gasteiger partial charge on any atom is 0.249 e. The highest BCUT2D eigenvalue weighted by molar-refractivity contribution is 5.97. The molecule has 0 saturated carbocycles. The number of aliphatic hydroxyl groups is 3. The van der Waals surface area contributed by atoms with Gasteiger partial charge in [-0.25, -0.2) is 0 Å². The first-order chi connectivity index (χ1) is 14.0. The zero-order chi connectivity index (χ0) is 22.8. The van der Waals surface area contributed by atoms with Crippen molar-refractivity contribution in [1.82, 2.24) is 5.32 Å². The first-order valence-electron chi connectivity index (χ1n) is 10.3. The van der Waals surface area contributed by atoms with Gasteiger partial charge in [0.1, 0.15) is 6.10 Å². The quantitative estimate of drug-likeness (QED) is 0.552. The number of hydrogen-bond acceptors (Lipinski definition) is 5. The van der Waals surface area contributed by atoms with Gasteiger partial charge in [0.05, 0.1) is 18.2 Å². The fourth-order valence-corrected chi connectivity index (χ4v) is 2.91. The number of hydrogen-bond donors (Lipinski definition) is 4. The largest absolute Gasteiger partial charge is 0.389 e. The van der Waals surface area contributed by atoms with Crippen molar-refractivity contribution in [1.29, 1.82) is 0 Å². The molecule has 0 aromatic carbocycles. The number of Topliss-reactive ketones (excluding diaryl/α,β-unsaturated/α-hetero) is 1. The molecule has 1 amide bonds. The summed E-state index contributed by atoms with van der Waals surface area (Å²) in [5.41, 5.74) is 2.19. The fraction of sp³-hybridized carbons (Fsp3) is 0.500. The molecule has 0 aromatic heterocycles.